The fourth-order valence-corrected chi connectivity index (χ4v) is 2.33. The standard InChI is InChI=1S/C14H19N3O9/c1-6(18)22-5-10-12(23-7(2)19)11(16-17-15)13(24-8(3)20)14(26-10)25-9(4)21/h10-14H,5H2,1-4H3/t10-,11+,12+,13-,14+/m1/s1. The molecule has 0 aromatic rings. The maximum Gasteiger partial charge on any atom is 0.305 e. The minimum atomic E-state index is -1.46. The van der Waals surface area contributed by atoms with Gasteiger partial charge in [-0.15, -0.1) is 0 Å². The van der Waals surface area contributed by atoms with Crippen LogP contribution in [0.25, 0.3) is 10.4 Å². The molecule has 0 aromatic carbocycles. The first-order valence-electron chi connectivity index (χ1n) is 7.50. The lowest BCUT2D eigenvalue weighted by atomic mass is 9.96. The van der Waals surface area contributed by atoms with Gasteiger partial charge in [0.05, 0.1) is 0 Å². The van der Waals surface area contributed by atoms with Crippen LogP contribution in [0.5, 0.6) is 0 Å². The van der Waals surface area contributed by atoms with E-state index in [4.69, 9.17) is 29.2 Å². The molecule has 1 saturated heterocycles. The Kier molecular flexibility index (Phi) is 7.81. The molecule has 0 saturated carbocycles. The van der Waals surface area contributed by atoms with E-state index in [2.05, 4.69) is 10.0 Å². The van der Waals surface area contributed by atoms with Crippen LogP contribution in [0.15, 0.2) is 5.11 Å². The predicted molar refractivity (Wildman–Crippen MR) is 81.1 cm³/mol. The Morgan fingerprint density at radius 2 is 1.46 bits per heavy atom. The van der Waals surface area contributed by atoms with Crippen LogP contribution in [-0.4, -0.2) is 61.1 Å². The minimum absolute atomic E-state index is 0.380. The number of azide groups is 1. The Labute approximate surface area is 148 Å². The van der Waals surface area contributed by atoms with E-state index in [1.165, 1.54) is 0 Å². The lowest BCUT2D eigenvalue weighted by Crippen LogP contribution is -2.61. The van der Waals surface area contributed by atoms with Crippen molar-refractivity contribution in [2.45, 2.75) is 58.3 Å². The van der Waals surface area contributed by atoms with Crippen molar-refractivity contribution in [2.24, 2.45) is 5.11 Å². The van der Waals surface area contributed by atoms with Crippen molar-refractivity contribution in [3.63, 3.8) is 0 Å². The second-order valence-electron chi connectivity index (χ2n) is 5.30. The lowest BCUT2D eigenvalue weighted by molar-refractivity contribution is -0.275. The molecule has 144 valence electrons. The lowest BCUT2D eigenvalue weighted by Gasteiger charge is -2.42. The number of nitrogens with zero attached hydrogens (tertiary/aromatic N) is 3. The first kappa shape index (κ1) is 21.2. The Morgan fingerprint density at radius 1 is 0.923 bits per heavy atom. The summed E-state index contributed by atoms with van der Waals surface area (Å²) in [4.78, 5) is 47.9. The molecular weight excluding hydrogens is 354 g/mol. The molecular formula is C14H19N3O9. The summed E-state index contributed by atoms with van der Waals surface area (Å²) in [6.45, 7) is 4.06. The Balaban J connectivity index is 3.27. The molecule has 0 spiro atoms. The van der Waals surface area contributed by atoms with Crippen molar-refractivity contribution in [3.05, 3.63) is 10.4 Å². The van der Waals surface area contributed by atoms with E-state index in [0.29, 0.717) is 0 Å². The van der Waals surface area contributed by atoms with Crippen LogP contribution in [0, 0.1) is 0 Å². The molecule has 12 nitrogen and oxygen atoms in total. The van der Waals surface area contributed by atoms with Gasteiger partial charge in [-0.2, -0.15) is 0 Å². The summed E-state index contributed by atoms with van der Waals surface area (Å²) in [5.74, 6) is -2.91. The predicted octanol–water partition coefficient (Wildman–Crippen LogP) is 0.380. The van der Waals surface area contributed by atoms with Crippen LogP contribution in [0.2, 0.25) is 0 Å². The average Bonchev–Trinajstić information content (AvgIpc) is 2.50. The van der Waals surface area contributed by atoms with Crippen LogP contribution in [0.3, 0.4) is 0 Å². The van der Waals surface area contributed by atoms with Gasteiger partial charge in [0.2, 0.25) is 6.29 Å². The first-order valence-corrected chi connectivity index (χ1v) is 7.50. The Morgan fingerprint density at radius 3 is 1.92 bits per heavy atom. The van der Waals surface area contributed by atoms with Gasteiger partial charge in [-0.05, 0) is 5.53 Å². The molecule has 1 rings (SSSR count). The Bertz CT molecular complexity index is 617. The quantitative estimate of drug-likeness (QED) is 0.210. The second kappa shape index (κ2) is 9.59. The van der Waals surface area contributed by atoms with Crippen LogP contribution in [-0.2, 0) is 42.9 Å². The van der Waals surface area contributed by atoms with E-state index < -0.39 is 54.5 Å². The summed E-state index contributed by atoms with van der Waals surface area (Å²) in [5, 5.41) is 3.50. The summed E-state index contributed by atoms with van der Waals surface area (Å²) >= 11 is 0. The first-order chi connectivity index (χ1) is 12.1. The Hall–Kier alpha value is -2.85. The van der Waals surface area contributed by atoms with Crippen LogP contribution in [0.1, 0.15) is 27.7 Å². The number of rotatable bonds is 6. The molecule has 0 aliphatic carbocycles. The number of esters is 4. The van der Waals surface area contributed by atoms with Crippen LogP contribution < -0.4 is 0 Å². The topological polar surface area (TPSA) is 163 Å². The molecule has 1 aliphatic heterocycles. The maximum absolute atomic E-state index is 11.4. The highest BCUT2D eigenvalue weighted by molar-refractivity contribution is 5.68. The SMILES string of the molecule is CC(=O)OC[C@H]1O[C@H](OC(C)=O)[C@H](OC(C)=O)[C@@H](N=[N+]=[N-])[C@H]1OC(C)=O. The smallest absolute Gasteiger partial charge is 0.305 e. The van der Waals surface area contributed by atoms with Gasteiger partial charge in [0, 0.05) is 32.6 Å². The van der Waals surface area contributed by atoms with Crippen LogP contribution in [0.4, 0.5) is 0 Å². The summed E-state index contributed by atoms with van der Waals surface area (Å²) in [6, 6.07) is -1.29. The van der Waals surface area contributed by atoms with Crippen molar-refractivity contribution in [1.82, 2.24) is 0 Å². The van der Waals surface area contributed by atoms with Crippen molar-refractivity contribution < 1.29 is 42.9 Å². The van der Waals surface area contributed by atoms with Crippen molar-refractivity contribution in [1.29, 1.82) is 0 Å². The van der Waals surface area contributed by atoms with Crippen LogP contribution >= 0.6 is 0 Å². The minimum Gasteiger partial charge on any atom is -0.463 e. The molecule has 26 heavy (non-hydrogen) atoms. The summed E-state index contributed by atoms with van der Waals surface area (Å²) in [7, 11) is 0. The third-order valence-electron chi connectivity index (χ3n) is 3.14. The molecule has 0 amide bonds. The van der Waals surface area contributed by atoms with Gasteiger partial charge in [-0.3, -0.25) is 19.2 Å². The van der Waals surface area contributed by atoms with E-state index in [9.17, 15) is 19.2 Å². The highest BCUT2D eigenvalue weighted by Gasteiger charge is 2.51. The normalized spacial score (nSPS) is 27.5. The molecule has 12 heteroatoms. The summed E-state index contributed by atoms with van der Waals surface area (Å²) < 4.78 is 25.5. The zero-order valence-corrected chi connectivity index (χ0v) is 14.6. The second-order valence-corrected chi connectivity index (χ2v) is 5.30. The van der Waals surface area contributed by atoms with E-state index in [-0.39, 0.29) is 6.61 Å². The monoisotopic (exact) mass is 373 g/mol. The molecule has 5 atom stereocenters. The molecule has 0 N–H and O–H groups in total. The maximum atomic E-state index is 11.4. The summed E-state index contributed by atoms with van der Waals surface area (Å²) in [6.07, 6.45) is -5.21. The molecule has 1 aliphatic rings. The van der Waals surface area contributed by atoms with E-state index in [1.54, 1.807) is 0 Å². The number of carbonyl (C=O) groups excluding carboxylic acids is 4. The van der Waals surface area contributed by atoms with Gasteiger partial charge in [-0.25, -0.2) is 0 Å². The fraction of sp³-hybridized carbons (Fsp3) is 0.714. The number of carbonyl (C=O) groups is 4. The van der Waals surface area contributed by atoms with E-state index >= 15 is 0 Å². The number of ether oxygens (including phenoxy) is 5. The van der Waals surface area contributed by atoms with Gasteiger partial charge in [-0.1, -0.05) is 5.11 Å². The molecule has 0 unspecified atom stereocenters. The zero-order valence-electron chi connectivity index (χ0n) is 14.6. The molecule has 0 aromatic heterocycles. The third-order valence-corrected chi connectivity index (χ3v) is 3.14. The molecule has 0 radical (unpaired) electrons. The van der Waals surface area contributed by atoms with E-state index in [0.717, 1.165) is 27.7 Å². The van der Waals surface area contributed by atoms with E-state index in [1.807, 2.05) is 0 Å². The number of hydrogen-bond donors (Lipinski definition) is 0. The summed E-state index contributed by atoms with van der Waals surface area (Å²) in [5.41, 5.74) is 8.84. The average molecular weight is 373 g/mol. The van der Waals surface area contributed by atoms with Gasteiger partial charge in [0.15, 0.2) is 6.10 Å². The molecule has 1 heterocycles. The molecule has 0 bridgehead atoms. The highest BCUT2D eigenvalue weighted by Crippen LogP contribution is 2.29. The third kappa shape index (κ3) is 6.22. The zero-order chi connectivity index (χ0) is 19.9. The van der Waals surface area contributed by atoms with Gasteiger partial charge < -0.3 is 23.7 Å². The van der Waals surface area contributed by atoms with Gasteiger partial charge in [0.25, 0.3) is 0 Å². The van der Waals surface area contributed by atoms with Gasteiger partial charge >= 0.3 is 23.9 Å². The van der Waals surface area contributed by atoms with Crippen molar-refractivity contribution >= 4 is 23.9 Å². The van der Waals surface area contributed by atoms with Gasteiger partial charge in [0.1, 0.15) is 24.9 Å². The van der Waals surface area contributed by atoms with Crippen molar-refractivity contribution in [2.75, 3.05) is 6.61 Å². The highest BCUT2D eigenvalue weighted by atomic mass is 16.7. The van der Waals surface area contributed by atoms with Crippen molar-refractivity contribution in [3.8, 4) is 0 Å². The largest absolute Gasteiger partial charge is 0.463 e. The fourth-order valence-electron chi connectivity index (χ4n) is 2.33. The molecule has 1 fully saturated rings. The number of hydrogen-bond acceptors (Lipinski definition) is 10.